The summed E-state index contributed by atoms with van der Waals surface area (Å²) in [6.45, 7) is 8.54. The van der Waals surface area contributed by atoms with Gasteiger partial charge in [0.15, 0.2) is 0 Å². The first-order chi connectivity index (χ1) is 7.50. The Bertz CT molecular complexity index is 218. The van der Waals surface area contributed by atoms with Crippen molar-refractivity contribution in [2.24, 2.45) is 11.3 Å². The van der Waals surface area contributed by atoms with Crippen molar-refractivity contribution < 1.29 is 9.63 Å². The van der Waals surface area contributed by atoms with Crippen molar-refractivity contribution >= 4 is 5.97 Å². The lowest BCUT2D eigenvalue weighted by atomic mass is 9.95. The molecule has 1 heterocycles. The predicted octanol–water partition coefficient (Wildman–Crippen LogP) is 1.47. The first kappa shape index (κ1) is 13.5. The molecule has 4 heteroatoms. The van der Waals surface area contributed by atoms with Gasteiger partial charge in [0.2, 0.25) is 0 Å². The molecule has 0 aromatic carbocycles. The molecule has 1 aliphatic heterocycles. The number of carbonyl (C=O) groups excluding carboxylic acids is 1. The van der Waals surface area contributed by atoms with Gasteiger partial charge in [-0.25, -0.2) is 4.79 Å². The first-order valence-corrected chi connectivity index (χ1v) is 6.15. The van der Waals surface area contributed by atoms with E-state index in [9.17, 15) is 4.79 Å². The monoisotopic (exact) mass is 228 g/mol. The van der Waals surface area contributed by atoms with E-state index in [4.69, 9.17) is 4.84 Å². The number of hydrogen-bond donors (Lipinski definition) is 2. The maximum Gasteiger partial charge on any atom is 0.329 e. The Kier molecular flexibility index (Phi) is 5.22. The SMILES string of the molecule is CC(C)(C)C(=O)ONCCC1CCNCC1. The normalized spacial score (nSPS) is 18.4. The zero-order chi connectivity index (χ0) is 12.0. The standard InChI is InChI=1S/C12H24N2O2/c1-12(2,3)11(15)16-14-9-6-10-4-7-13-8-5-10/h10,13-14H,4-9H2,1-3H3. The Morgan fingerprint density at radius 1 is 1.38 bits per heavy atom. The van der Waals surface area contributed by atoms with Crippen LogP contribution in [-0.2, 0) is 9.63 Å². The van der Waals surface area contributed by atoms with Gasteiger partial charge in [0, 0.05) is 6.54 Å². The second kappa shape index (κ2) is 6.21. The van der Waals surface area contributed by atoms with Crippen LogP contribution >= 0.6 is 0 Å². The minimum atomic E-state index is -0.429. The third-order valence-electron chi connectivity index (χ3n) is 2.89. The highest BCUT2D eigenvalue weighted by Crippen LogP contribution is 2.16. The van der Waals surface area contributed by atoms with Gasteiger partial charge < -0.3 is 10.2 Å². The van der Waals surface area contributed by atoms with Crippen molar-refractivity contribution in [3.63, 3.8) is 0 Å². The molecule has 0 radical (unpaired) electrons. The molecule has 0 saturated carbocycles. The fourth-order valence-electron chi connectivity index (χ4n) is 1.70. The van der Waals surface area contributed by atoms with E-state index in [0.717, 1.165) is 32.0 Å². The Balaban J connectivity index is 2.05. The molecule has 94 valence electrons. The lowest BCUT2D eigenvalue weighted by molar-refractivity contribution is -0.160. The number of nitrogens with one attached hydrogen (secondary N) is 2. The van der Waals surface area contributed by atoms with Crippen molar-refractivity contribution in [3.8, 4) is 0 Å². The van der Waals surface area contributed by atoms with Crippen molar-refractivity contribution in [2.75, 3.05) is 19.6 Å². The zero-order valence-electron chi connectivity index (χ0n) is 10.6. The Labute approximate surface area is 98.1 Å². The minimum Gasteiger partial charge on any atom is -0.370 e. The van der Waals surface area contributed by atoms with Crippen molar-refractivity contribution in [1.29, 1.82) is 0 Å². The van der Waals surface area contributed by atoms with Gasteiger partial charge in [-0.1, -0.05) is 0 Å². The average molecular weight is 228 g/mol. The smallest absolute Gasteiger partial charge is 0.329 e. The molecule has 0 bridgehead atoms. The highest BCUT2D eigenvalue weighted by molar-refractivity contribution is 5.75. The Hall–Kier alpha value is -0.610. The van der Waals surface area contributed by atoms with Gasteiger partial charge in [-0.15, -0.1) is 0 Å². The molecule has 0 amide bonds. The fourth-order valence-corrected chi connectivity index (χ4v) is 1.70. The number of rotatable bonds is 4. The van der Waals surface area contributed by atoms with E-state index in [1.165, 1.54) is 12.8 Å². The van der Waals surface area contributed by atoms with Crippen LogP contribution in [0.4, 0.5) is 0 Å². The summed E-state index contributed by atoms with van der Waals surface area (Å²) in [5.74, 6) is 0.569. The van der Waals surface area contributed by atoms with E-state index in [1.807, 2.05) is 20.8 Å². The molecule has 0 aliphatic carbocycles. The van der Waals surface area contributed by atoms with E-state index in [2.05, 4.69) is 10.8 Å². The van der Waals surface area contributed by atoms with Crippen LogP contribution in [0.25, 0.3) is 0 Å². The van der Waals surface area contributed by atoms with Crippen LogP contribution < -0.4 is 10.8 Å². The highest BCUT2D eigenvalue weighted by atomic mass is 16.7. The highest BCUT2D eigenvalue weighted by Gasteiger charge is 2.23. The van der Waals surface area contributed by atoms with E-state index >= 15 is 0 Å². The molecule has 1 saturated heterocycles. The summed E-state index contributed by atoms with van der Waals surface area (Å²) in [7, 11) is 0. The molecular formula is C12H24N2O2. The van der Waals surface area contributed by atoms with E-state index in [0.29, 0.717) is 0 Å². The Morgan fingerprint density at radius 2 is 2.00 bits per heavy atom. The summed E-state index contributed by atoms with van der Waals surface area (Å²) >= 11 is 0. The summed E-state index contributed by atoms with van der Waals surface area (Å²) in [5.41, 5.74) is 2.34. The van der Waals surface area contributed by atoms with Crippen LogP contribution in [0.2, 0.25) is 0 Å². The van der Waals surface area contributed by atoms with Crippen molar-refractivity contribution in [3.05, 3.63) is 0 Å². The maximum atomic E-state index is 11.4. The number of hydroxylamine groups is 1. The fraction of sp³-hybridized carbons (Fsp3) is 0.917. The number of piperidine rings is 1. The third-order valence-corrected chi connectivity index (χ3v) is 2.89. The lowest BCUT2D eigenvalue weighted by Crippen LogP contribution is -2.32. The lowest BCUT2D eigenvalue weighted by Gasteiger charge is -2.22. The van der Waals surface area contributed by atoms with Gasteiger partial charge >= 0.3 is 5.97 Å². The molecule has 2 N–H and O–H groups in total. The van der Waals surface area contributed by atoms with Gasteiger partial charge in [-0.05, 0) is 59.0 Å². The van der Waals surface area contributed by atoms with E-state index in [-0.39, 0.29) is 5.97 Å². The summed E-state index contributed by atoms with van der Waals surface area (Å²) in [5, 5.41) is 3.34. The molecule has 0 spiro atoms. The third kappa shape index (κ3) is 4.94. The van der Waals surface area contributed by atoms with Gasteiger partial charge in [0.25, 0.3) is 0 Å². The molecule has 4 nitrogen and oxygen atoms in total. The maximum absolute atomic E-state index is 11.4. The second-order valence-corrected chi connectivity index (χ2v) is 5.52. The largest absolute Gasteiger partial charge is 0.370 e. The topological polar surface area (TPSA) is 50.4 Å². The molecule has 0 aromatic rings. The molecule has 0 aromatic heterocycles. The molecule has 1 aliphatic rings. The first-order valence-electron chi connectivity index (χ1n) is 6.15. The zero-order valence-corrected chi connectivity index (χ0v) is 10.6. The Morgan fingerprint density at radius 3 is 2.56 bits per heavy atom. The van der Waals surface area contributed by atoms with Gasteiger partial charge in [-0.3, -0.25) is 0 Å². The van der Waals surface area contributed by atoms with E-state index in [1.54, 1.807) is 0 Å². The summed E-state index contributed by atoms with van der Waals surface area (Å²) in [6, 6.07) is 0. The molecule has 1 fully saturated rings. The quantitative estimate of drug-likeness (QED) is 0.565. The van der Waals surface area contributed by atoms with Crippen LogP contribution in [0.15, 0.2) is 0 Å². The van der Waals surface area contributed by atoms with E-state index < -0.39 is 5.41 Å². The molecule has 1 rings (SSSR count). The predicted molar refractivity (Wildman–Crippen MR) is 63.8 cm³/mol. The minimum absolute atomic E-state index is 0.196. The van der Waals surface area contributed by atoms with Crippen molar-refractivity contribution in [1.82, 2.24) is 10.8 Å². The molecular weight excluding hydrogens is 204 g/mol. The summed E-state index contributed by atoms with van der Waals surface area (Å²) in [4.78, 5) is 16.4. The van der Waals surface area contributed by atoms with Gasteiger partial charge in [0.1, 0.15) is 0 Å². The summed E-state index contributed by atoms with van der Waals surface area (Å²) in [6.07, 6.45) is 3.54. The van der Waals surface area contributed by atoms with Crippen LogP contribution in [0, 0.1) is 11.3 Å². The van der Waals surface area contributed by atoms with Gasteiger partial charge in [0.05, 0.1) is 5.41 Å². The number of hydrogen-bond acceptors (Lipinski definition) is 4. The van der Waals surface area contributed by atoms with Gasteiger partial charge in [-0.2, -0.15) is 5.48 Å². The second-order valence-electron chi connectivity index (χ2n) is 5.52. The average Bonchev–Trinajstić information content (AvgIpc) is 2.24. The van der Waals surface area contributed by atoms with Crippen LogP contribution in [0.5, 0.6) is 0 Å². The molecule has 16 heavy (non-hydrogen) atoms. The van der Waals surface area contributed by atoms with Crippen molar-refractivity contribution in [2.45, 2.75) is 40.0 Å². The van der Waals surface area contributed by atoms with Crippen LogP contribution in [-0.4, -0.2) is 25.6 Å². The summed E-state index contributed by atoms with van der Waals surface area (Å²) < 4.78 is 0. The van der Waals surface area contributed by atoms with Crippen LogP contribution in [0.1, 0.15) is 40.0 Å². The van der Waals surface area contributed by atoms with Crippen LogP contribution in [0.3, 0.4) is 0 Å². The molecule has 0 unspecified atom stereocenters. The number of carbonyl (C=O) groups is 1. The molecule has 0 atom stereocenters.